The molecule has 0 atom stereocenters. The number of hydrogen-bond donors (Lipinski definition) is 1. The van der Waals surface area contributed by atoms with Gasteiger partial charge in [-0.15, -0.1) is 11.3 Å². The number of esters is 1. The van der Waals surface area contributed by atoms with E-state index in [1.165, 1.54) is 11.3 Å². The van der Waals surface area contributed by atoms with Crippen molar-refractivity contribution in [1.82, 2.24) is 0 Å². The van der Waals surface area contributed by atoms with Gasteiger partial charge in [-0.3, -0.25) is 24.5 Å². The minimum atomic E-state index is -4.95. The maximum Gasteiger partial charge on any atom is 0.418 e. The molecule has 0 radical (unpaired) electrons. The number of rotatable bonds is 8. The zero-order valence-electron chi connectivity index (χ0n) is 14.5. The van der Waals surface area contributed by atoms with Gasteiger partial charge in [0.25, 0.3) is 11.6 Å². The maximum atomic E-state index is 13.1. The number of nitro benzene ring substituents is 1. The lowest BCUT2D eigenvalue weighted by Crippen LogP contribution is -2.23. The van der Waals surface area contributed by atoms with Crippen molar-refractivity contribution in [1.29, 1.82) is 0 Å². The van der Waals surface area contributed by atoms with Crippen LogP contribution in [0.2, 0.25) is 0 Å². The topological polar surface area (TPSA) is 116 Å². The summed E-state index contributed by atoms with van der Waals surface area (Å²) in [5.41, 5.74) is -2.91. The number of anilines is 1. The zero-order valence-corrected chi connectivity index (χ0v) is 15.3. The van der Waals surface area contributed by atoms with Crippen molar-refractivity contribution in [2.45, 2.75) is 19.0 Å². The lowest BCUT2D eigenvalue weighted by molar-refractivity contribution is -0.385. The van der Waals surface area contributed by atoms with E-state index in [0.29, 0.717) is 4.88 Å². The van der Waals surface area contributed by atoms with E-state index in [9.17, 15) is 37.7 Å². The van der Waals surface area contributed by atoms with Gasteiger partial charge in [-0.2, -0.15) is 13.2 Å². The Morgan fingerprint density at radius 1 is 1.17 bits per heavy atom. The summed E-state index contributed by atoms with van der Waals surface area (Å²) >= 11 is 1.21. The Balaban J connectivity index is 1.91. The number of amides is 1. The summed E-state index contributed by atoms with van der Waals surface area (Å²) < 4.78 is 43.8. The third-order valence-electron chi connectivity index (χ3n) is 3.51. The van der Waals surface area contributed by atoms with Crippen LogP contribution >= 0.6 is 11.3 Å². The summed E-state index contributed by atoms with van der Waals surface area (Å²) in [7, 11) is 0. The van der Waals surface area contributed by atoms with Gasteiger partial charge in [0.1, 0.15) is 0 Å². The van der Waals surface area contributed by atoms with Crippen molar-refractivity contribution in [2.75, 3.05) is 11.9 Å². The van der Waals surface area contributed by atoms with E-state index in [4.69, 9.17) is 0 Å². The van der Waals surface area contributed by atoms with E-state index in [0.717, 1.165) is 12.1 Å². The molecule has 1 heterocycles. The first kappa shape index (κ1) is 22.0. The molecule has 154 valence electrons. The summed E-state index contributed by atoms with van der Waals surface area (Å²) in [4.78, 5) is 45.3. The number of halogens is 3. The van der Waals surface area contributed by atoms with Crippen molar-refractivity contribution in [3.8, 4) is 0 Å². The Morgan fingerprint density at radius 2 is 1.90 bits per heavy atom. The minimum Gasteiger partial charge on any atom is -0.456 e. The van der Waals surface area contributed by atoms with Crippen molar-refractivity contribution < 1.29 is 37.2 Å². The van der Waals surface area contributed by atoms with E-state index >= 15 is 0 Å². The molecule has 0 aliphatic heterocycles. The number of carbonyl (C=O) groups excluding carboxylic acids is 3. The van der Waals surface area contributed by atoms with Crippen LogP contribution in [0.25, 0.3) is 0 Å². The molecule has 0 bridgehead atoms. The molecule has 2 rings (SSSR count). The molecule has 0 unspecified atom stereocenters. The maximum absolute atomic E-state index is 13.1. The highest BCUT2D eigenvalue weighted by Crippen LogP contribution is 2.37. The Hall–Kier alpha value is -3.28. The van der Waals surface area contributed by atoms with Crippen LogP contribution in [0.3, 0.4) is 0 Å². The molecule has 1 amide bonds. The van der Waals surface area contributed by atoms with Crippen molar-refractivity contribution in [2.24, 2.45) is 0 Å². The van der Waals surface area contributed by atoms with Gasteiger partial charge in [-0.1, -0.05) is 6.07 Å². The average Bonchev–Trinajstić information content (AvgIpc) is 3.18. The quantitative estimate of drug-likeness (QED) is 0.295. The first-order chi connectivity index (χ1) is 13.6. The van der Waals surface area contributed by atoms with Crippen LogP contribution in [0.15, 0.2) is 35.7 Å². The third-order valence-corrected chi connectivity index (χ3v) is 4.42. The number of non-ortho nitro benzene ring substituents is 1. The SMILES string of the molecule is O=C(COC(=O)CCC(=O)c1cccs1)Nc1ccc([N+](=O)[O-])cc1C(F)(F)F. The lowest BCUT2D eigenvalue weighted by atomic mass is 10.1. The number of benzene rings is 1. The molecule has 0 fully saturated rings. The fraction of sp³-hybridized carbons (Fsp3) is 0.235. The molecule has 29 heavy (non-hydrogen) atoms. The first-order valence-corrected chi connectivity index (χ1v) is 8.83. The largest absolute Gasteiger partial charge is 0.456 e. The summed E-state index contributed by atoms with van der Waals surface area (Å²) in [6.45, 7) is -0.875. The van der Waals surface area contributed by atoms with Crippen molar-refractivity contribution in [3.63, 3.8) is 0 Å². The van der Waals surface area contributed by atoms with Gasteiger partial charge in [0, 0.05) is 18.6 Å². The van der Waals surface area contributed by atoms with Crippen LogP contribution < -0.4 is 5.32 Å². The highest BCUT2D eigenvalue weighted by atomic mass is 32.1. The molecule has 12 heteroatoms. The molecule has 0 spiro atoms. The van der Waals surface area contributed by atoms with E-state index in [1.807, 2.05) is 5.32 Å². The van der Waals surface area contributed by atoms with E-state index in [2.05, 4.69) is 4.74 Å². The third kappa shape index (κ3) is 6.38. The molecule has 1 aromatic heterocycles. The molecule has 2 aromatic rings. The van der Waals surface area contributed by atoms with Crippen LogP contribution in [0.5, 0.6) is 0 Å². The smallest absolute Gasteiger partial charge is 0.418 e. The summed E-state index contributed by atoms with van der Waals surface area (Å²) in [5.74, 6) is -2.21. The van der Waals surface area contributed by atoms with Crippen molar-refractivity contribution >= 4 is 40.4 Å². The van der Waals surface area contributed by atoms with Crippen LogP contribution in [0.4, 0.5) is 24.5 Å². The normalized spacial score (nSPS) is 11.0. The minimum absolute atomic E-state index is 0.137. The predicted octanol–water partition coefficient (Wildman–Crippen LogP) is 3.82. The molecule has 1 aromatic carbocycles. The van der Waals surface area contributed by atoms with Gasteiger partial charge in [0.15, 0.2) is 12.4 Å². The average molecular weight is 430 g/mol. The number of thiophene rings is 1. The van der Waals surface area contributed by atoms with Crippen LogP contribution in [-0.2, 0) is 20.5 Å². The number of ether oxygens (including phenoxy) is 1. The fourth-order valence-corrected chi connectivity index (χ4v) is 2.86. The summed E-state index contributed by atoms with van der Waals surface area (Å²) in [6.07, 6.45) is -5.38. The lowest BCUT2D eigenvalue weighted by Gasteiger charge is -2.13. The summed E-state index contributed by atoms with van der Waals surface area (Å²) in [5, 5.41) is 14.2. The Kier molecular flexibility index (Phi) is 7.04. The predicted molar refractivity (Wildman–Crippen MR) is 95.6 cm³/mol. The van der Waals surface area contributed by atoms with Crippen molar-refractivity contribution in [3.05, 3.63) is 56.3 Å². The monoisotopic (exact) mass is 430 g/mol. The number of ketones is 1. The molecule has 0 saturated heterocycles. The van der Waals surface area contributed by atoms with Gasteiger partial charge in [-0.05, 0) is 17.5 Å². The number of nitrogens with zero attached hydrogens (tertiary/aromatic N) is 1. The molecular weight excluding hydrogens is 417 g/mol. The highest BCUT2D eigenvalue weighted by molar-refractivity contribution is 7.12. The summed E-state index contributed by atoms with van der Waals surface area (Å²) in [6, 6.07) is 5.09. The van der Waals surface area contributed by atoms with Gasteiger partial charge in [0.2, 0.25) is 0 Å². The highest BCUT2D eigenvalue weighted by Gasteiger charge is 2.35. The van der Waals surface area contributed by atoms with Crippen LogP contribution in [-0.4, -0.2) is 29.2 Å². The van der Waals surface area contributed by atoms with Gasteiger partial charge in [0.05, 0.1) is 27.5 Å². The molecular formula is C17H13F3N2O6S. The van der Waals surface area contributed by atoms with Crippen LogP contribution in [0.1, 0.15) is 28.1 Å². The number of nitrogens with one attached hydrogen (secondary N) is 1. The Morgan fingerprint density at radius 3 is 2.48 bits per heavy atom. The molecule has 0 aliphatic carbocycles. The molecule has 8 nitrogen and oxygen atoms in total. The van der Waals surface area contributed by atoms with Gasteiger partial charge in [-0.25, -0.2) is 0 Å². The second-order valence-electron chi connectivity index (χ2n) is 5.59. The standard InChI is InChI=1S/C17H13F3N2O6S/c18-17(19,20)11-8-10(22(26)27)3-4-12(11)21-15(24)9-28-16(25)6-5-13(23)14-2-1-7-29-14/h1-4,7-8H,5-6,9H2,(H,21,24). The fourth-order valence-electron chi connectivity index (χ4n) is 2.17. The van der Waals surface area contributed by atoms with Gasteiger partial charge >= 0.3 is 12.1 Å². The first-order valence-electron chi connectivity index (χ1n) is 7.95. The van der Waals surface area contributed by atoms with Crippen LogP contribution in [0, 0.1) is 10.1 Å². The Labute approximate surface area is 165 Å². The second kappa shape index (κ2) is 9.28. The Bertz CT molecular complexity index is 928. The number of nitro groups is 1. The number of hydrogen-bond acceptors (Lipinski definition) is 7. The van der Waals surface area contributed by atoms with E-state index < -0.39 is 46.5 Å². The second-order valence-corrected chi connectivity index (χ2v) is 6.54. The van der Waals surface area contributed by atoms with Gasteiger partial charge < -0.3 is 10.1 Å². The molecule has 1 N–H and O–H groups in total. The number of alkyl halides is 3. The van der Waals surface area contributed by atoms with E-state index in [-0.39, 0.29) is 24.7 Å². The molecule has 0 saturated carbocycles. The zero-order chi connectivity index (χ0) is 21.6. The molecule has 0 aliphatic rings. The number of Topliss-reactive ketones (excluding diaryl/α,β-unsaturated/α-hetero) is 1. The van der Waals surface area contributed by atoms with E-state index in [1.54, 1.807) is 17.5 Å². The number of carbonyl (C=O) groups is 3.